The van der Waals surface area contributed by atoms with Crippen LogP contribution in [0.5, 0.6) is 0 Å². The number of carbonyl (C=O) groups excluding carboxylic acids is 1. The minimum absolute atomic E-state index is 0.115. The molecule has 2 rings (SSSR count). The molecule has 1 aliphatic rings. The summed E-state index contributed by atoms with van der Waals surface area (Å²) in [5.74, 6) is 1.04. The molecule has 0 aromatic carbocycles. The first-order chi connectivity index (χ1) is 9.16. The van der Waals surface area contributed by atoms with Gasteiger partial charge in [-0.2, -0.15) is 0 Å². The number of hydrogen-bond acceptors (Lipinski definition) is 3. The molecule has 1 amide bonds. The predicted octanol–water partition coefficient (Wildman–Crippen LogP) is 2.02. The molecule has 5 heteroatoms. The largest absolute Gasteiger partial charge is 0.355 e. The van der Waals surface area contributed by atoms with Crippen molar-refractivity contribution in [1.82, 2.24) is 20.1 Å². The van der Waals surface area contributed by atoms with E-state index in [2.05, 4.69) is 35.4 Å². The summed E-state index contributed by atoms with van der Waals surface area (Å²) in [6.07, 6.45) is 8.61. The molecule has 0 aliphatic heterocycles. The second-order valence-corrected chi connectivity index (χ2v) is 5.28. The van der Waals surface area contributed by atoms with Gasteiger partial charge in [-0.1, -0.05) is 11.6 Å². The lowest BCUT2D eigenvalue weighted by molar-refractivity contribution is -0.120. The van der Waals surface area contributed by atoms with Gasteiger partial charge in [0.05, 0.1) is 0 Å². The lowest BCUT2D eigenvalue weighted by atomic mass is 10.1. The van der Waals surface area contributed by atoms with Gasteiger partial charge in [-0.25, -0.2) is 0 Å². The summed E-state index contributed by atoms with van der Waals surface area (Å²) < 4.78 is 2.03. The van der Waals surface area contributed by atoms with Crippen molar-refractivity contribution in [3.63, 3.8) is 0 Å². The SMILES string of the molecule is CC(C)n1cnnc1CCNC(=O)CC1=CCCC1. The Balaban J connectivity index is 1.73. The van der Waals surface area contributed by atoms with Crippen LogP contribution in [0, 0.1) is 0 Å². The number of hydrogen-bond donors (Lipinski definition) is 1. The van der Waals surface area contributed by atoms with Crippen molar-refractivity contribution >= 4 is 5.91 Å². The number of carbonyl (C=O) groups is 1. The molecule has 0 radical (unpaired) electrons. The van der Waals surface area contributed by atoms with Gasteiger partial charge in [0, 0.05) is 25.4 Å². The second-order valence-electron chi connectivity index (χ2n) is 5.28. The normalized spacial score (nSPS) is 14.8. The highest BCUT2D eigenvalue weighted by atomic mass is 16.1. The van der Waals surface area contributed by atoms with Crippen LogP contribution in [0.25, 0.3) is 0 Å². The maximum Gasteiger partial charge on any atom is 0.224 e. The Labute approximate surface area is 114 Å². The van der Waals surface area contributed by atoms with Crippen LogP contribution in [0.1, 0.15) is 51.4 Å². The molecule has 1 heterocycles. The third-order valence-electron chi connectivity index (χ3n) is 3.40. The molecule has 5 nitrogen and oxygen atoms in total. The van der Waals surface area contributed by atoms with Crippen molar-refractivity contribution in [3.05, 3.63) is 23.8 Å². The first kappa shape index (κ1) is 13.8. The molecule has 0 saturated carbocycles. The molecule has 0 spiro atoms. The van der Waals surface area contributed by atoms with Crippen LogP contribution in [0.3, 0.4) is 0 Å². The van der Waals surface area contributed by atoms with Gasteiger partial charge in [0.2, 0.25) is 5.91 Å². The lowest BCUT2D eigenvalue weighted by Gasteiger charge is -2.10. The maximum atomic E-state index is 11.8. The van der Waals surface area contributed by atoms with Crippen LogP contribution in [-0.4, -0.2) is 27.2 Å². The van der Waals surface area contributed by atoms with Gasteiger partial charge >= 0.3 is 0 Å². The van der Waals surface area contributed by atoms with E-state index in [4.69, 9.17) is 0 Å². The number of nitrogens with zero attached hydrogens (tertiary/aromatic N) is 3. The van der Waals surface area contributed by atoms with Crippen molar-refractivity contribution < 1.29 is 4.79 Å². The van der Waals surface area contributed by atoms with E-state index in [-0.39, 0.29) is 5.91 Å². The van der Waals surface area contributed by atoms with E-state index in [0.717, 1.165) is 25.1 Å². The topological polar surface area (TPSA) is 59.8 Å². The Hall–Kier alpha value is -1.65. The fourth-order valence-electron chi connectivity index (χ4n) is 2.36. The molecule has 0 unspecified atom stereocenters. The van der Waals surface area contributed by atoms with Crippen LogP contribution in [0.2, 0.25) is 0 Å². The zero-order valence-electron chi connectivity index (χ0n) is 11.7. The predicted molar refractivity (Wildman–Crippen MR) is 73.7 cm³/mol. The highest BCUT2D eigenvalue weighted by molar-refractivity contribution is 5.78. The van der Waals surface area contributed by atoms with E-state index in [1.54, 1.807) is 6.33 Å². The zero-order chi connectivity index (χ0) is 13.7. The molecule has 1 aromatic rings. The minimum Gasteiger partial charge on any atom is -0.355 e. The van der Waals surface area contributed by atoms with Gasteiger partial charge in [-0.3, -0.25) is 4.79 Å². The number of aromatic nitrogens is 3. The summed E-state index contributed by atoms with van der Waals surface area (Å²) >= 11 is 0. The van der Waals surface area contributed by atoms with E-state index in [0.29, 0.717) is 19.0 Å². The van der Waals surface area contributed by atoms with Crippen molar-refractivity contribution in [3.8, 4) is 0 Å². The fourth-order valence-corrected chi connectivity index (χ4v) is 2.36. The maximum absolute atomic E-state index is 11.8. The lowest BCUT2D eigenvalue weighted by Crippen LogP contribution is -2.26. The third kappa shape index (κ3) is 3.91. The van der Waals surface area contributed by atoms with Gasteiger partial charge < -0.3 is 9.88 Å². The summed E-state index contributed by atoms with van der Waals surface area (Å²) in [4.78, 5) is 11.8. The molecule has 104 valence electrons. The molecule has 0 atom stereocenters. The molecule has 1 N–H and O–H groups in total. The van der Waals surface area contributed by atoms with Crippen LogP contribution >= 0.6 is 0 Å². The number of rotatable bonds is 6. The Morgan fingerprint density at radius 1 is 1.53 bits per heavy atom. The second kappa shape index (κ2) is 6.50. The average Bonchev–Trinajstić information content (AvgIpc) is 2.99. The van der Waals surface area contributed by atoms with Crippen molar-refractivity contribution in [2.24, 2.45) is 0 Å². The summed E-state index contributed by atoms with van der Waals surface area (Å²) in [6, 6.07) is 0.351. The Morgan fingerprint density at radius 2 is 2.37 bits per heavy atom. The summed E-state index contributed by atoms with van der Waals surface area (Å²) in [5, 5.41) is 11.0. The van der Waals surface area contributed by atoms with Gasteiger partial charge in [0.15, 0.2) is 0 Å². The molecule has 0 fully saturated rings. The molecule has 19 heavy (non-hydrogen) atoms. The Bertz CT molecular complexity index is 462. The van der Waals surface area contributed by atoms with Gasteiger partial charge in [-0.05, 0) is 33.1 Å². The molecule has 0 bridgehead atoms. The van der Waals surface area contributed by atoms with Crippen LogP contribution in [0.4, 0.5) is 0 Å². The number of allylic oxidation sites excluding steroid dienone is 1. The number of nitrogens with one attached hydrogen (secondary N) is 1. The van der Waals surface area contributed by atoms with E-state index in [9.17, 15) is 4.79 Å². The number of amides is 1. The Morgan fingerprint density at radius 3 is 3.05 bits per heavy atom. The minimum atomic E-state index is 0.115. The smallest absolute Gasteiger partial charge is 0.224 e. The molecular weight excluding hydrogens is 240 g/mol. The quantitative estimate of drug-likeness (QED) is 0.798. The van der Waals surface area contributed by atoms with Gasteiger partial charge in [-0.15, -0.1) is 10.2 Å². The van der Waals surface area contributed by atoms with E-state index in [1.807, 2.05) is 4.57 Å². The fraction of sp³-hybridized carbons (Fsp3) is 0.643. The molecule has 0 saturated heterocycles. The monoisotopic (exact) mass is 262 g/mol. The summed E-state index contributed by atoms with van der Waals surface area (Å²) in [5.41, 5.74) is 1.28. The first-order valence-corrected chi connectivity index (χ1v) is 7.00. The summed E-state index contributed by atoms with van der Waals surface area (Å²) in [7, 11) is 0. The molecule has 1 aliphatic carbocycles. The summed E-state index contributed by atoms with van der Waals surface area (Å²) in [6.45, 7) is 4.81. The van der Waals surface area contributed by atoms with Crippen LogP contribution < -0.4 is 5.32 Å². The van der Waals surface area contributed by atoms with Crippen molar-refractivity contribution in [2.75, 3.05) is 6.54 Å². The standard InChI is InChI=1S/C14H22N4O/c1-11(2)18-10-16-17-13(18)7-8-15-14(19)9-12-5-3-4-6-12/h5,10-11H,3-4,6-9H2,1-2H3,(H,15,19). The van der Waals surface area contributed by atoms with Crippen LogP contribution in [-0.2, 0) is 11.2 Å². The average molecular weight is 262 g/mol. The van der Waals surface area contributed by atoms with E-state index >= 15 is 0 Å². The third-order valence-corrected chi connectivity index (χ3v) is 3.40. The highest BCUT2D eigenvalue weighted by Crippen LogP contribution is 2.20. The Kier molecular flexibility index (Phi) is 4.71. The molecular formula is C14H22N4O. The van der Waals surface area contributed by atoms with Crippen molar-refractivity contribution in [2.45, 2.75) is 52.0 Å². The van der Waals surface area contributed by atoms with Gasteiger partial charge in [0.1, 0.15) is 12.2 Å². The van der Waals surface area contributed by atoms with Crippen molar-refractivity contribution in [1.29, 1.82) is 0 Å². The van der Waals surface area contributed by atoms with Crippen LogP contribution in [0.15, 0.2) is 18.0 Å². The zero-order valence-corrected chi connectivity index (χ0v) is 11.7. The van der Waals surface area contributed by atoms with Gasteiger partial charge in [0.25, 0.3) is 0 Å². The first-order valence-electron chi connectivity index (χ1n) is 7.00. The van der Waals surface area contributed by atoms with E-state index in [1.165, 1.54) is 12.0 Å². The highest BCUT2D eigenvalue weighted by Gasteiger charge is 2.11. The molecule has 1 aromatic heterocycles. The van der Waals surface area contributed by atoms with E-state index < -0.39 is 0 Å².